The van der Waals surface area contributed by atoms with Crippen molar-refractivity contribution in [2.45, 2.75) is 92.2 Å². The highest BCUT2D eigenvalue weighted by Gasteiger charge is 2.51. The monoisotopic (exact) mass is 270 g/mol. The van der Waals surface area contributed by atoms with Crippen molar-refractivity contribution >= 4 is 0 Å². The molecule has 0 saturated heterocycles. The van der Waals surface area contributed by atoms with Gasteiger partial charge in [0.25, 0.3) is 0 Å². The van der Waals surface area contributed by atoms with Crippen molar-refractivity contribution in [3.8, 4) is 0 Å². The standard InChI is InChI=1S/C18H35F/c1-6-11-18(12-10-17(18)19)16(9-4)13-15(8-3)14(5)7-2/h14-17H,6-13H2,1-5H3/t14?,15?,16-,17?,18?/m1/s1. The van der Waals surface area contributed by atoms with Crippen LogP contribution in [0.2, 0.25) is 0 Å². The predicted molar refractivity (Wildman–Crippen MR) is 83.1 cm³/mol. The Bertz CT molecular complexity index is 250. The Kier molecular flexibility index (Phi) is 6.83. The van der Waals surface area contributed by atoms with Crippen LogP contribution in [0.3, 0.4) is 0 Å². The van der Waals surface area contributed by atoms with E-state index in [1.54, 1.807) is 0 Å². The van der Waals surface area contributed by atoms with Gasteiger partial charge < -0.3 is 0 Å². The summed E-state index contributed by atoms with van der Waals surface area (Å²) in [6.45, 7) is 11.5. The molecule has 0 aliphatic heterocycles. The highest BCUT2D eigenvalue weighted by atomic mass is 19.1. The molecule has 1 rings (SSSR count). The van der Waals surface area contributed by atoms with Gasteiger partial charge in [0.2, 0.25) is 0 Å². The third kappa shape index (κ3) is 3.52. The van der Waals surface area contributed by atoms with Gasteiger partial charge in [0.15, 0.2) is 0 Å². The summed E-state index contributed by atoms with van der Waals surface area (Å²) in [5.74, 6) is 2.18. The molecule has 1 fully saturated rings. The van der Waals surface area contributed by atoms with Crippen LogP contribution in [0.1, 0.15) is 86.0 Å². The number of rotatable bonds is 9. The van der Waals surface area contributed by atoms with E-state index in [9.17, 15) is 4.39 Å². The minimum atomic E-state index is -0.521. The third-order valence-electron chi connectivity index (χ3n) is 6.07. The molecule has 1 aliphatic rings. The first-order valence-electron chi connectivity index (χ1n) is 8.69. The van der Waals surface area contributed by atoms with E-state index >= 15 is 0 Å². The molecule has 0 bridgehead atoms. The number of alkyl halides is 1. The molecule has 19 heavy (non-hydrogen) atoms. The first-order chi connectivity index (χ1) is 9.05. The van der Waals surface area contributed by atoms with Crippen LogP contribution in [-0.2, 0) is 0 Å². The van der Waals surface area contributed by atoms with Gasteiger partial charge in [0, 0.05) is 5.41 Å². The minimum absolute atomic E-state index is 0.0460. The summed E-state index contributed by atoms with van der Waals surface area (Å²) >= 11 is 0. The SMILES string of the molecule is CCCC1([C@H](CC)CC(CC)C(C)CC)CCC1F. The zero-order valence-electron chi connectivity index (χ0n) is 13.8. The second-order valence-electron chi connectivity index (χ2n) is 6.88. The van der Waals surface area contributed by atoms with Gasteiger partial charge in [-0.05, 0) is 43.4 Å². The Hall–Kier alpha value is -0.0700. The highest BCUT2D eigenvalue weighted by Crippen LogP contribution is 2.55. The van der Waals surface area contributed by atoms with Crippen LogP contribution < -0.4 is 0 Å². The summed E-state index contributed by atoms with van der Waals surface area (Å²) in [5, 5.41) is 0. The molecule has 0 N–H and O–H groups in total. The van der Waals surface area contributed by atoms with E-state index in [2.05, 4.69) is 34.6 Å². The fourth-order valence-corrected chi connectivity index (χ4v) is 4.34. The summed E-state index contributed by atoms with van der Waals surface area (Å²) < 4.78 is 14.3. The quantitative estimate of drug-likeness (QED) is 0.455. The van der Waals surface area contributed by atoms with E-state index in [4.69, 9.17) is 0 Å². The number of halogens is 1. The molecular weight excluding hydrogens is 235 g/mol. The molecule has 114 valence electrons. The lowest BCUT2D eigenvalue weighted by Gasteiger charge is -2.52. The Labute approximate surface area is 120 Å². The molecule has 1 aliphatic carbocycles. The number of hydrogen-bond donors (Lipinski definition) is 0. The predicted octanol–water partition coefficient (Wildman–Crippen LogP) is 6.39. The van der Waals surface area contributed by atoms with E-state index in [1.165, 1.54) is 19.3 Å². The summed E-state index contributed by atoms with van der Waals surface area (Å²) in [7, 11) is 0. The van der Waals surface area contributed by atoms with Crippen molar-refractivity contribution in [3.63, 3.8) is 0 Å². The van der Waals surface area contributed by atoms with Gasteiger partial charge in [-0.15, -0.1) is 0 Å². The second kappa shape index (κ2) is 7.64. The van der Waals surface area contributed by atoms with Gasteiger partial charge in [0.1, 0.15) is 6.17 Å². The first-order valence-corrected chi connectivity index (χ1v) is 8.69. The minimum Gasteiger partial charge on any atom is -0.247 e. The Morgan fingerprint density at radius 3 is 2.11 bits per heavy atom. The van der Waals surface area contributed by atoms with Crippen LogP contribution in [0.4, 0.5) is 4.39 Å². The van der Waals surface area contributed by atoms with E-state index in [-0.39, 0.29) is 5.41 Å². The summed E-state index contributed by atoms with van der Waals surface area (Å²) in [5.41, 5.74) is 0.0460. The third-order valence-corrected chi connectivity index (χ3v) is 6.07. The van der Waals surface area contributed by atoms with E-state index in [0.717, 1.165) is 43.9 Å². The lowest BCUT2D eigenvalue weighted by Crippen LogP contribution is -2.48. The van der Waals surface area contributed by atoms with Crippen molar-refractivity contribution in [2.75, 3.05) is 0 Å². The van der Waals surface area contributed by atoms with Gasteiger partial charge in [-0.2, -0.15) is 0 Å². The molecule has 0 radical (unpaired) electrons. The molecular formula is C18H35F. The average molecular weight is 270 g/mol. The zero-order valence-corrected chi connectivity index (χ0v) is 13.8. The molecule has 0 amide bonds. The lowest BCUT2D eigenvalue weighted by atomic mass is 9.55. The molecule has 5 atom stereocenters. The summed E-state index contributed by atoms with van der Waals surface area (Å²) in [4.78, 5) is 0. The molecule has 4 unspecified atom stereocenters. The van der Waals surface area contributed by atoms with Crippen LogP contribution >= 0.6 is 0 Å². The van der Waals surface area contributed by atoms with Gasteiger partial charge >= 0.3 is 0 Å². The first kappa shape index (κ1) is 17.0. The van der Waals surface area contributed by atoms with Crippen molar-refractivity contribution in [1.29, 1.82) is 0 Å². The van der Waals surface area contributed by atoms with E-state index < -0.39 is 6.17 Å². The molecule has 0 aromatic rings. The molecule has 0 spiro atoms. The molecule has 0 aromatic carbocycles. The van der Waals surface area contributed by atoms with E-state index in [1.807, 2.05) is 0 Å². The Morgan fingerprint density at radius 1 is 1.11 bits per heavy atom. The molecule has 0 nitrogen and oxygen atoms in total. The number of hydrogen-bond acceptors (Lipinski definition) is 0. The van der Waals surface area contributed by atoms with E-state index in [0.29, 0.717) is 5.92 Å². The van der Waals surface area contributed by atoms with Crippen LogP contribution in [0.15, 0.2) is 0 Å². The lowest BCUT2D eigenvalue weighted by molar-refractivity contribution is -0.0731. The maximum Gasteiger partial charge on any atom is 0.106 e. The topological polar surface area (TPSA) is 0 Å². The van der Waals surface area contributed by atoms with Gasteiger partial charge in [0.05, 0.1) is 0 Å². The van der Waals surface area contributed by atoms with Crippen LogP contribution in [0.25, 0.3) is 0 Å². The summed E-state index contributed by atoms with van der Waals surface area (Å²) in [6, 6.07) is 0. The smallest absolute Gasteiger partial charge is 0.106 e. The van der Waals surface area contributed by atoms with Crippen molar-refractivity contribution in [1.82, 2.24) is 0 Å². The summed E-state index contributed by atoms with van der Waals surface area (Å²) in [6.07, 6.45) is 8.59. The maximum absolute atomic E-state index is 14.3. The Morgan fingerprint density at radius 2 is 1.79 bits per heavy atom. The molecule has 1 heteroatoms. The zero-order chi connectivity index (χ0) is 14.5. The average Bonchev–Trinajstić information content (AvgIpc) is 2.44. The normalized spacial score (nSPS) is 31.6. The molecule has 0 heterocycles. The highest BCUT2D eigenvalue weighted by molar-refractivity contribution is 5.00. The van der Waals surface area contributed by atoms with Crippen LogP contribution in [0.5, 0.6) is 0 Å². The molecule has 0 aromatic heterocycles. The fraction of sp³-hybridized carbons (Fsp3) is 1.00. The van der Waals surface area contributed by atoms with Crippen molar-refractivity contribution in [3.05, 3.63) is 0 Å². The largest absolute Gasteiger partial charge is 0.247 e. The maximum atomic E-state index is 14.3. The van der Waals surface area contributed by atoms with Crippen molar-refractivity contribution in [2.24, 2.45) is 23.2 Å². The van der Waals surface area contributed by atoms with Gasteiger partial charge in [-0.3, -0.25) is 0 Å². The van der Waals surface area contributed by atoms with Crippen LogP contribution in [0, 0.1) is 23.2 Å². The molecule has 1 saturated carbocycles. The second-order valence-corrected chi connectivity index (χ2v) is 6.88. The fourth-order valence-electron chi connectivity index (χ4n) is 4.34. The van der Waals surface area contributed by atoms with Crippen molar-refractivity contribution < 1.29 is 4.39 Å². The Balaban J connectivity index is 2.75. The van der Waals surface area contributed by atoms with Gasteiger partial charge in [-0.25, -0.2) is 4.39 Å². The van der Waals surface area contributed by atoms with Gasteiger partial charge in [-0.1, -0.05) is 60.3 Å². The van der Waals surface area contributed by atoms with Crippen LogP contribution in [-0.4, -0.2) is 6.17 Å².